The van der Waals surface area contributed by atoms with E-state index < -0.39 is 0 Å². The van der Waals surface area contributed by atoms with E-state index in [4.69, 9.17) is 9.47 Å². The van der Waals surface area contributed by atoms with Gasteiger partial charge >= 0.3 is 0 Å². The molecule has 1 aromatic rings. The van der Waals surface area contributed by atoms with Crippen molar-refractivity contribution in [1.82, 2.24) is 10.2 Å². The summed E-state index contributed by atoms with van der Waals surface area (Å²) in [5.74, 6) is 1.70. The average Bonchev–Trinajstić information content (AvgIpc) is 2.49. The van der Waals surface area contributed by atoms with Gasteiger partial charge in [0.15, 0.2) is 0 Å². The molecule has 0 radical (unpaired) electrons. The summed E-state index contributed by atoms with van der Waals surface area (Å²) in [4.78, 5) is 2.39. The highest BCUT2D eigenvalue weighted by Crippen LogP contribution is 2.37. The molecule has 0 saturated carbocycles. The Hall–Kier alpha value is -1.52. The van der Waals surface area contributed by atoms with Gasteiger partial charge in [0.1, 0.15) is 11.5 Å². The Bertz CT molecular complexity index is 406. The van der Waals surface area contributed by atoms with Crippen LogP contribution in [0.15, 0.2) is 30.9 Å². The van der Waals surface area contributed by atoms with Gasteiger partial charge in [0.05, 0.1) is 25.8 Å². The van der Waals surface area contributed by atoms with E-state index in [0.717, 1.165) is 43.2 Å². The predicted octanol–water partition coefficient (Wildman–Crippen LogP) is 1.84. The molecule has 0 aliphatic carbocycles. The summed E-state index contributed by atoms with van der Waals surface area (Å²) in [5.41, 5.74) is 1.06. The van der Waals surface area contributed by atoms with E-state index in [9.17, 15) is 0 Å². The lowest BCUT2D eigenvalue weighted by Crippen LogP contribution is -2.44. The number of piperazine rings is 1. The third-order valence-corrected chi connectivity index (χ3v) is 3.53. The van der Waals surface area contributed by atoms with Crippen LogP contribution in [0.2, 0.25) is 0 Å². The van der Waals surface area contributed by atoms with Gasteiger partial charge in [0, 0.05) is 26.2 Å². The monoisotopic (exact) mass is 262 g/mol. The van der Waals surface area contributed by atoms with Crippen LogP contribution in [0.4, 0.5) is 0 Å². The molecule has 1 heterocycles. The maximum absolute atomic E-state index is 5.49. The zero-order valence-electron chi connectivity index (χ0n) is 11.7. The minimum atomic E-state index is 0.119. The van der Waals surface area contributed by atoms with Crippen LogP contribution in [-0.2, 0) is 0 Å². The third-order valence-electron chi connectivity index (χ3n) is 3.53. The van der Waals surface area contributed by atoms with Crippen molar-refractivity contribution in [2.45, 2.75) is 6.04 Å². The number of benzene rings is 1. The van der Waals surface area contributed by atoms with Crippen LogP contribution in [0.1, 0.15) is 11.6 Å². The second-order valence-corrected chi connectivity index (χ2v) is 4.54. The first kappa shape index (κ1) is 13.9. The minimum Gasteiger partial charge on any atom is -0.496 e. The van der Waals surface area contributed by atoms with E-state index in [0.29, 0.717) is 0 Å². The molecule has 2 rings (SSSR count). The second kappa shape index (κ2) is 6.59. The smallest absolute Gasteiger partial charge is 0.127 e. The van der Waals surface area contributed by atoms with Crippen molar-refractivity contribution in [2.75, 3.05) is 40.4 Å². The lowest BCUT2D eigenvalue weighted by molar-refractivity contribution is 0.197. The fourth-order valence-electron chi connectivity index (χ4n) is 2.58. The summed E-state index contributed by atoms with van der Waals surface area (Å²) in [6.07, 6.45) is 1.96. The molecule has 4 nitrogen and oxygen atoms in total. The number of nitrogens with one attached hydrogen (secondary N) is 1. The van der Waals surface area contributed by atoms with E-state index in [1.165, 1.54) is 0 Å². The van der Waals surface area contributed by atoms with Crippen molar-refractivity contribution >= 4 is 0 Å². The molecule has 1 fully saturated rings. The van der Waals surface area contributed by atoms with Crippen molar-refractivity contribution < 1.29 is 9.47 Å². The zero-order valence-corrected chi connectivity index (χ0v) is 11.7. The molecule has 1 N–H and O–H groups in total. The summed E-state index contributed by atoms with van der Waals surface area (Å²) in [6.45, 7) is 7.99. The van der Waals surface area contributed by atoms with Gasteiger partial charge in [-0.15, -0.1) is 6.58 Å². The Labute approximate surface area is 115 Å². The Morgan fingerprint density at radius 3 is 2.26 bits per heavy atom. The lowest BCUT2D eigenvalue weighted by Gasteiger charge is -2.34. The Morgan fingerprint density at radius 2 is 1.79 bits per heavy atom. The Kier molecular flexibility index (Phi) is 4.82. The zero-order chi connectivity index (χ0) is 13.7. The molecule has 0 amide bonds. The molecule has 0 unspecified atom stereocenters. The quantitative estimate of drug-likeness (QED) is 0.821. The van der Waals surface area contributed by atoms with Gasteiger partial charge in [-0.25, -0.2) is 0 Å². The summed E-state index contributed by atoms with van der Waals surface area (Å²) in [7, 11) is 3.38. The summed E-state index contributed by atoms with van der Waals surface area (Å²) < 4.78 is 11.0. The van der Waals surface area contributed by atoms with Gasteiger partial charge in [-0.2, -0.15) is 0 Å². The molecule has 1 aromatic carbocycles. The van der Waals surface area contributed by atoms with E-state index in [1.54, 1.807) is 14.2 Å². The number of nitrogens with zero attached hydrogens (tertiary/aromatic N) is 1. The van der Waals surface area contributed by atoms with E-state index >= 15 is 0 Å². The van der Waals surface area contributed by atoms with Gasteiger partial charge in [0.25, 0.3) is 0 Å². The largest absolute Gasteiger partial charge is 0.496 e. The third kappa shape index (κ3) is 2.91. The fourth-order valence-corrected chi connectivity index (χ4v) is 2.58. The minimum absolute atomic E-state index is 0.119. The molecule has 1 aliphatic rings. The molecule has 0 aromatic heterocycles. The normalized spacial score (nSPS) is 17.8. The molecule has 104 valence electrons. The highest BCUT2D eigenvalue weighted by Gasteiger charge is 2.25. The average molecular weight is 262 g/mol. The van der Waals surface area contributed by atoms with Crippen molar-refractivity contribution in [3.63, 3.8) is 0 Å². The number of hydrogen-bond acceptors (Lipinski definition) is 4. The first-order valence-electron chi connectivity index (χ1n) is 6.60. The molecule has 0 spiro atoms. The highest BCUT2D eigenvalue weighted by atomic mass is 16.5. The van der Waals surface area contributed by atoms with Crippen LogP contribution in [0, 0.1) is 0 Å². The van der Waals surface area contributed by atoms with Crippen molar-refractivity contribution in [2.24, 2.45) is 0 Å². The van der Waals surface area contributed by atoms with E-state index in [-0.39, 0.29) is 6.04 Å². The number of hydrogen-bond donors (Lipinski definition) is 1. The SMILES string of the molecule is C=C[C@@H](c1c(OC)cccc1OC)N1CCNCC1. The molecule has 1 saturated heterocycles. The first-order chi connectivity index (χ1) is 9.31. The molecule has 1 aliphatic heterocycles. The second-order valence-electron chi connectivity index (χ2n) is 4.54. The van der Waals surface area contributed by atoms with Crippen LogP contribution in [0.25, 0.3) is 0 Å². The summed E-state index contributed by atoms with van der Waals surface area (Å²) >= 11 is 0. The van der Waals surface area contributed by atoms with Gasteiger partial charge in [-0.1, -0.05) is 12.1 Å². The summed E-state index contributed by atoms with van der Waals surface area (Å²) in [6, 6.07) is 6.00. The highest BCUT2D eigenvalue weighted by molar-refractivity contribution is 5.48. The van der Waals surface area contributed by atoms with Crippen LogP contribution in [-0.4, -0.2) is 45.3 Å². The Morgan fingerprint density at radius 1 is 1.21 bits per heavy atom. The fraction of sp³-hybridized carbons (Fsp3) is 0.467. The van der Waals surface area contributed by atoms with Crippen molar-refractivity contribution in [3.05, 3.63) is 36.4 Å². The van der Waals surface area contributed by atoms with Crippen LogP contribution < -0.4 is 14.8 Å². The predicted molar refractivity (Wildman–Crippen MR) is 76.9 cm³/mol. The van der Waals surface area contributed by atoms with Gasteiger partial charge in [0.2, 0.25) is 0 Å². The molecular formula is C15H22N2O2. The van der Waals surface area contributed by atoms with Gasteiger partial charge in [-0.3, -0.25) is 4.90 Å². The maximum Gasteiger partial charge on any atom is 0.127 e. The van der Waals surface area contributed by atoms with Gasteiger partial charge in [-0.05, 0) is 12.1 Å². The van der Waals surface area contributed by atoms with E-state index in [2.05, 4.69) is 16.8 Å². The summed E-state index contributed by atoms with van der Waals surface area (Å²) in [5, 5.41) is 3.36. The molecular weight excluding hydrogens is 240 g/mol. The van der Waals surface area contributed by atoms with Gasteiger partial charge < -0.3 is 14.8 Å². The number of methoxy groups -OCH3 is 2. The van der Waals surface area contributed by atoms with Crippen LogP contribution in [0.5, 0.6) is 11.5 Å². The number of ether oxygens (including phenoxy) is 2. The lowest BCUT2D eigenvalue weighted by atomic mass is 10.0. The Balaban J connectivity index is 2.38. The molecule has 1 atom stereocenters. The van der Waals surface area contributed by atoms with Crippen molar-refractivity contribution in [1.29, 1.82) is 0 Å². The topological polar surface area (TPSA) is 33.7 Å². The first-order valence-corrected chi connectivity index (χ1v) is 6.60. The standard InChI is InChI=1S/C15H22N2O2/c1-4-12(17-10-8-16-9-11-17)15-13(18-2)6-5-7-14(15)19-3/h4-7,12,16H,1,8-11H2,2-3H3/t12-/m0/s1. The maximum atomic E-state index is 5.49. The van der Waals surface area contributed by atoms with Crippen molar-refractivity contribution in [3.8, 4) is 11.5 Å². The molecule has 4 heteroatoms. The molecule has 19 heavy (non-hydrogen) atoms. The van der Waals surface area contributed by atoms with Crippen LogP contribution in [0.3, 0.4) is 0 Å². The van der Waals surface area contributed by atoms with Crippen LogP contribution >= 0.6 is 0 Å². The number of rotatable bonds is 5. The van der Waals surface area contributed by atoms with E-state index in [1.807, 2.05) is 24.3 Å². The molecule has 0 bridgehead atoms.